The van der Waals surface area contributed by atoms with Crippen molar-refractivity contribution in [1.82, 2.24) is 0 Å². The van der Waals surface area contributed by atoms with Gasteiger partial charge in [0, 0.05) is 9.26 Å². The van der Waals surface area contributed by atoms with E-state index < -0.39 is 0 Å². The normalized spacial score (nSPS) is 10.3. The van der Waals surface area contributed by atoms with Crippen molar-refractivity contribution in [2.24, 2.45) is 0 Å². The smallest absolute Gasteiger partial charge is 0.228 e. The monoisotopic (exact) mass is 365 g/mol. The molecule has 0 aliphatic rings. The molecule has 0 radical (unpaired) electrons. The van der Waals surface area contributed by atoms with Crippen molar-refractivity contribution in [2.45, 2.75) is 20.3 Å². The van der Waals surface area contributed by atoms with Crippen molar-refractivity contribution in [3.8, 4) is 0 Å². The third kappa shape index (κ3) is 3.80. The zero-order valence-electron chi connectivity index (χ0n) is 11.0. The van der Waals surface area contributed by atoms with E-state index in [1.165, 1.54) is 14.7 Å². The van der Waals surface area contributed by atoms with Crippen LogP contribution in [0, 0.1) is 17.4 Å². The third-order valence-corrected chi connectivity index (χ3v) is 4.63. The molecule has 0 heterocycles. The van der Waals surface area contributed by atoms with Crippen LogP contribution >= 0.6 is 22.6 Å². The molecule has 2 nitrogen and oxygen atoms in total. The SMILES string of the molecule is Cc1cc(NC(=O)Cc2ccccc2)cc(C)c1I. The number of aryl methyl sites for hydroxylation is 2. The minimum absolute atomic E-state index is 0.0196. The second kappa shape index (κ2) is 6.19. The third-order valence-electron chi connectivity index (χ3n) is 2.93. The Bertz CT molecular complexity index is 570. The first kappa shape index (κ1) is 14.1. The fourth-order valence-electron chi connectivity index (χ4n) is 2.00. The summed E-state index contributed by atoms with van der Waals surface area (Å²) in [6.45, 7) is 4.11. The molecule has 0 unspecified atom stereocenters. The molecule has 0 saturated heterocycles. The fraction of sp³-hybridized carbons (Fsp3) is 0.188. The lowest BCUT2D eigenvalue weighted by Crippen LogP contribution is -2.14. The van der Waals surface area contributed by atoms with Crippen molar-refractivity contribution < 1.29 is 4.79 Å². The summed E-state index contributed by atoms with van der Waals surface area (Å²) in [5.41, 5.74) is 4.28. The number of benzene rings is 2. The first-order chi connectivity index (χ1) is 9.06. The topological polar surface area (TPSA) is 29.1 Å². The van der Waals surface area contributed by atoms with Crippen LogP contribution in [0.5, 0.6) is 0 Å². The second-order valence-corrected chi connectivity index (χ2v) is 5.71. The zero-order valence-corrected chi connectivity index (χ0v) is 13.2. The Labute approximate surface area is 127 Å². The minimum atomic E-state index is 0.0196. The van der Waals surface area contributed by atoms with Gasteiger partial charge in [0.15, 0.2) is 0 Å². The van der Waals surface area contributed by atoms with E-state index in [-0.39, 0.29) is 5.91 Å². The molecular formula is C16H16INO. The minimum Gasteiger partial charge on any atom is -0.326 e. The molecule has 98 valence electrons. The summed E-state index contributed by atoms with van der Waals surface area (Å²) in [4.78, 5) is 12.0. The lowest BCUT2D eigenvalue weighted by atomic mass is 10.1. The van der Waals surface area contributed by atoms with Crippen molar-refractivity contribution in [1.29, 1.82) is 0 Å². The Kier molecular flexibility index (Phi) is 4.58. The lowest BCUT2D eigenvalue weighted by Gasteiger charge is -2.09. The molecule has 3 heteroatoms. The lowest BCUT2D eigenvalue weighted by molar-refractivity contribution is -0.115. The van der Waals surface area contributed by atoms with Crippen LogP contribution in [-0.4, -0.2) is 5.91 Å². The van der Waals surface area contributed by atoms with Gasteiger partial charge in [-0.05, 0) is 65.3 Å². The second-order valence-electron chi connectivity index (χ2n) is 4.63. The summed E-state index contributed by atoms with van der Waals surface area (Å²) in [5.74, 6) is 0.0196. The Morgan fingerprint density at radius 2 is 1.68 bits per heavy atom. The molecule has 1 N–H and O–H groups in total. The molecule has 0 aliphatic carbocycles. The van der Waals surface area contributed by atoms with Crippen molar-refractivity contribution in [3.63, 3.8) is 0 Å². The molecule has 0 saturated carbocycles. The number of carbonyl (C=O) groups excluding carboxylic acids is 1. The van der Waals surface area contributed by atoms with E-state index in [4.69, 9.17) is 0 Å². The van der Waals surface area contributed by atoms with Crippen LogP contribution in [0.25, 0.3) is 0 Å². The molecule has 0 aliphatic heterocycles. The standard InChI is InChI=1S/C16H16INO/c1-11-8-14(9-12(2)16(11)17)18-15(19)10-13-6-4-3-5-7-13/h3-9H,10H2,1-2H3,(H,18,19). The van der Waals surface area contributed by atoms with Gasteiger partial charge in [-0.25, -0.2) is 0 Å². The van der Waals surface area contributed by atoms with Crippen LogP contribution < -0.4 is 5.32 Å². The highest BCUT2D eigenvalue weighted by molar-refractivity contribution is 14.1. The van der Waals surface area contributed by atoms with Crippen molar-refractivity contribution in [3.05, 3.63) is 62.7 Å². The number of hydrogen-bond donors (Lipinski definition) is 1. The maximum Gasteiger partial charge on any atom is 0.228 e. The zero-order chi connectivity index (χ0) is 13.8. The van der Waals surface area contributed by atoms with Crippen LogP contribution in [0.4, 0.5) is 5.69 Å². The summed E-state index contributed by atoms with van der Waals surface area (Å²) in [6, 6.07) is 13.8. The van der Waals surface area contributed by atoms with Gasteiger partial charge in [-0.2, -0.15) is 0 Å². The fourth-order valence-corrected chi connectivity index (χ4v) is 2.32. The highest BCUT2D eigenvalue weighted by Gasteiger charge is 2.06. The van der Waals surface area contributed by atoms with Gasteiger partial charge in [-0.3, -0.25) is 4.79 Å². The van der Waals surface area contributed by atoms with E-state index in [0.29, 0.717) is 6.42 Å². The van der Waals surface area contributed by atoms with E-state index in [9.17, 15) is 4.79 Å². The predicted octanol–water partition coefficient (Wildman–Crippen LogP) is 4.09. The average molecular weight is 365 g/mol. The number of halogens is 1. The Balaban J connectivity index is 2.07. The summed E-state index contributed by atoms with van der Waals surface area (Å²) < 4.78 is 1.25. The van der Waals surface area contributed by atoms with Crippen LogP contribution in [-0.2, 0) is 11.2 Å². The van der Waals surface area contributed by atoms with Crippen LogP contribution in [0.2, 0.25) is 0 Å². The first-order valence-electron chi connectivity index (χ1n) is 6.17. The quantitative estimate of drug-likeness (QED) is 0.816. The van der Waals surface area contributed by atoms with Crippen molar-refractivity contribution >= 4 is 34.2 Å². The number of anilines is 1. The number of hydrogen-bond acceptors (Lipinski definition) is 1. The molecule has 0 atom stereocenters. The average Bonchev–Trinajstić information content (AvgIpc) is 2.37. The largest absolute Gasteiger partial charge is 0.326 e. The van der Waals surface area contributed by atoms with Gasteiger partial charge in [0.05, 0.1) is 6.42 Å². The van der Waals surface area contributed by atoms with E-state index in [2.05, 4.69) is 41.8 Å². The van der Waals surface area contributed by atoms with Gasteiger partial charge >= 0.3 is 0 Å². The van der Waals surface area contributed by atoms with Gasteiger partial charge in [-0.1, -0.05) is 30.3 Å². The van der Waals surface area contributed by atoms with Crippen LogP contribution in [0.15, 0.2) is 42.5 Å². The Hall–Kier alpha value is -1.36. The maximum atomic E-state index is 12.0. The van der Waals surface area contributed by atoms with E-state index in [1.807, 2.05) is 42.5 Å². The predicted molar refractivity (Wildman–Crippen MR) is 87.4 cm³/mol. The molecule has 0 aromatic heterocycles. The number of carbonyl (C=O) groups is 1. The van der Waals surface area contributed by atoms with Gasteiger partial charge in [0.1, 0.15) is 0 Å². The highest BCUT2D eigenvalue weighted by atomic mass is 127. The van der Waals surface area contributed by atoms with Gasteiger partial charge in [0.25, 0.3) is 0 Å². The van der Waals surface area contributed by atoms with E-state index in [0.717, 1.165) is 11.3 Å². The van der Waals surface area contributed by atoms with E-state index in [1.54, 1.807) is 0 Å². The summed E-state index contributed by atoms with van der Waals surface area (Å²) in [6.07, 6.45) is 0.408. The molecule has 2 aromatic rings. The Morgan fingerprint density at radius 3 is 2.26 bits per heavy atom. The number of amides is 1. The molecule has 0 spiro atoms. The van der Waals surface area contributed by atoms with Crippen LogP contribution in [0.3, 0.4) is 0 Å². The van der Waals surface area contributed by atoms with Gasteiger partial charge in [-0.15, -0.1) is 0 Å². The first-order valence-corrected chi connectivity index (χ1v) is 7.24. The molecule has 0 bridgehead atoms. The summed E-state index contributed by atoms with van der Waals surface area (Å²) in [5, 5.41) is 2.96. The van der Waals surface area contributed by atoms with E-state index >= 15 is 0 Å². The van der Waals surface area contributed by atoms with Gasteiger partial charge in [0.2, 0.25) is 5.91 Å². The summed E-state index contributed by atoms with van der Waals surface area (Å²) >= 11 is 2.33. The Morgan fingerprint density at radius 1 is 1.11 bits per heavy atom. The molecule has 1 amide bonds. The molecule has 2 aromatic carbocycles. The van der Waals surface area contributed by atoms with Crippen LogP contribution in [0.1, 0.15) is 16.7 Å². The molecule has 0 fully saturated rings. The number of nitrogens with one attached hydrogen (secondary N) is 1. The number of rotatable bonds is 3. The highest BCUT2D eigenvalue weighted by Crippen LogP contribution is 2.21. The molecular weight excluding hydrogens is 349 g/mol. The van der Waals surface area contributed by atoms with Crippen molar-refractivity contribution in [2.75, 3.05) is 5.32 Å². The maximum absolute atomic E-state index is 12.0. The van der Waals surface area contributed by atoms with Gasteiger partial charge < -0.3 is 5.32 Å². The molecule has 19 heavy (non-hydrogen) atoms. The molecule has 2 rings (SSSR count). The summed E-state index contributed by atoms with van der Waals surface area (Å²) in [7, 11) is 0.